The molecule has 1 aliphatic rings. The zero-order chi connectivity index (χ0) is 26.5. The number of amides is 1. The minimum atomic E-state index is -3.63. The molecule has 1 heterocycles. The zero-order valence-corrected chi connectivity index (χ0v) is 22.9. The molecule has 2 unspecified atom stereocenters. The van der Waals surface area contributed by atoms with Crippen LogP contribution in [0.3, 0.4) is 0 Å². The predicted octanol–water partition coefficient (Wildman–Crippen LogP) is 3.79. The van der Waals surface area contributed by atoms with Crippen molar-refractivity contribution in [2.24, 2.45) is 17.6 Å². The Kier molecular flexibility index (Phi) is 9.35. The van der Waals surface area contributed by atoms with E-state index in [9.17, 15) is 13.2 Å². The lowest BCUT2D eigenvalue weighted by Gasteiger charge is -2.26. The van der Waals surface area contributed by atoms with Crippen LogP contribution in [0.4, 0.5) is 11.6 Å². The average molecular weight is 516 g/mol. The lowest BCUT2D eigenvalue weighted by atomic mass is 10.0. The third-order valence-electron chi connectivity index (χ3n) is 6.73. The maximum atomic E-state index is 13.4. The first kappa shape index (κ1) is 27.9. The highest BCUT2D eigenvalue weighted by molar-refractivity contribution is 7.93. The molecule has 4 N–H and O–H groups in total. The lowest BCUT2D eigenvalue weighted by molar-refractivity contribution is 0.0932. The summed E-state index contributed by atoms with van der Waals surface area (Å²) >= 11 is 0. The number of benzene rings is 1. The third kappa shape index (κ3) is 7.20. The van der Waals surface area contributed by atoms with Gasteiger partial charge in [-0.2, -0.15) is 0 Å². The number of aromatic nitrogens is 1. The number of hydrogen-bond donors (Lipinski definition) is 3. The van der Waals surface area contributed by atoms with Crippen LogP contribution in [-0.2, 0) is 16.4 Å². The summed E-state index contributed by atoms with van der Waals surface area (Å²) in [5, 5.41) is 5.78. The second-order valence-electron chi connectivity index (χ2n) is 10.2. The minimum absolute atomic E-state index is 0.255. The van der Waals surface area contributed by atoms with E-state index in [-0.39, 0.29) is 30.4 Å². The molecule has 0 radical (unpaired) electrons. The second-order valence-corrected chi connectivity index (χ2v) is 12.7. The molecule has 9 heteroatoms. The Morgan fingerprint density at radius 1 is 1.19 bits per heavy atom. The predicted molar refractivity (Wildman–Crippen MR) is 147 cm³/mol. The molecule has 1 aromatic heterocycles. The highest BCUT2D eigenvalue weighted by atomic mass is 32.2. The summed E-state index contributed by atoms with van der Waals surface area (Å²) in [5.41, 5.74) is 7.65. The van der Waals surface area contributed by atoms with Gasteiger partial charge in [0, 0.05) is 30.7 Å². The number of nitrogens with one attached hydrogen (secondary N) is 2. The summed E-state index contributed by atoms with van der Waals surface area (Å²) in [6.07, 6.45) is 2.37. The van der Waals surface area contributed by atoms with E-state index in [1.54, 1.807) is 26.0 Å². The van der Waals surface area contributed by atoms with E-state index in [2.05, 4.69) is 22.5 Å². The van der Waals surface area contributed by atoms with Crippen LogP contribution in [0.25, 0.3) is 0 Å². The summed E-state index contributed by atoms with van der Waals surface area (Å²) in [5.74, 6) is 1.67. The van der Waals surface area contributed by atoms with Crippen molar-refractivity contribution >= 4 is 27.6 Å². The van der Waals surface area contributed by atoms with Crippen molar-refractivity contribution in [2.75, 3.05) is 22.7 Å². The van der Waals surface area contributed by atoms with Crippen LogP contribution in [0.1, 0.15) is 63.4 Å². The number of sulfonamides is 1. The average Bonchev–Trinajstić information content (AvgIpc) is 3.55. The highest BCUT2D eigenvalue weighted by Gasteiger charge is 2.32. The molecule has 0 spiro atoms. The van der Waals surface area contributed by atoms with Crippen molar-refractivity contribution in [2.45, 2.75) is 71.2 Å². The Hall–Kier alpha value is -2.65. The van der Waals surface area contributed by atoms with Gasteiger partial charge in [-0.15, -0.1) is 0 Å². The first-order valence-corrected chi connectivity index (χ1v) is 14.4. The van der Waals surface area contributed by atoms with E-state index in [0.29, 0.717) is 36.1 Å². The molecule has 1 aliphatic carbocycles. The molecule has 3 rings (SSSR count). The first-order chi connectivity index (χ1) is 17.0. The number of nitrogens with zero attached hydrogens (tertiary/aromatic N) is 2. The molecule has 1 saturated carbocycles. The Labute approximate surface area is 216 Å². The van der Waals surface area contributed by atoms with Crippen LogP contribution in [0.5, 0.6) is 0 Å². The van der Waals surface area contributed by atoms with E-state index in [1.807, 2.05) is 44.2 Å². The van der Waals surface area contributed by atoms with E-state index >= 15 is 0 Å². The van der Waals surface area contributed by atoms with Crippen molar-refractivity contribution in [3.63, 3.8) is 0 Å². The molecule has 0 bridgehead atoms. The molecule has 0 saturated heterocycles. The SMILES string of the molecule is CCCN(c1cc(C(=O)N[C@@H](Cc2ccccc2)[C@H](C)N)cc(NCC2CC2C)n1)S(=O)(=O)C(C)C. The van der Waals surface area contributed by atoms with Gasteiger partial charge in [-0.05, 0) is 69.6 Å². The van der Waals surface area contributed by atoms with Gasteiger partial charge in [-0.25, -0.2) is 13.4 Å². The number of hydrogen-bond acceptors (Lipinski definition) is 6. The normalized spacial score (nSPS) is 19.0. The van der Waals surface area contributed by atoms with Gasteiger partial charge in [0.2, 0.25) is 10.0 Å². The molecular formula is C27H41N5O3S. The fourth-order valence-corrected chi connectivity index (χ4v) is 5.40. The maximum Gasteiger partial charge on any atom is 0.251 e. The van der Waals surface area contributed by atoms with Crippen LogP contribution in [0.15, 0.2) is 42.5 Å². The van der Waals surface area contributed by atoms with Crippen molar-refractivity contribution in [1.82, 2.24) is 10.3 Å². The molecular weight excluding hydrogens is 474 g/mol. The number of carbonyl (C=O) groups is 1. The molecule has 198 valence electrons. The van der Waals surface area contributed by atoms with Crippen LogP contribution < -0.4 is 20.7 Å². The van der Waals surface area contributed by atoms with Gasteiger partial charge in [-0.3, -0.25) is 9.10 Å². The Balaban J connectivity index is 1.92. The van der Waals surface area contributed by atoms with Gasteiger partial charge in [-0.1, -0.05) is 44.2 Å². The third-order valence-corrected chi connectivity index (χ3v) is 8.91. The molecule has 8 nitrogen and oxygen atoms in total. The van der Waals surface area contributed by atoms with Crippen LogP contribution >= 0.6 is 0 Å². The topological polar surface area (TPSA) is 117 Å². The molecule has 4 atom stereocenters. The van der Waals surface area contributed by atoms with Crippen LogP contribution in [-0.4, -0.2) is 49.7 Å². The van der Waals surface area contributed by atoms with Gasteiger partial charge in [0.05, 0.1) is 5.25 Å². The van der Waals surface area contributed by atoms with Crippen molar-refractivity contribution in [3.05, 3.63) is 53.6 Å². The quantitative estimate of drug-likeness (QED) is 0.374. The maximum absolute atomic E-state index is 13.4. The Bertz CT molecular complexity index is 1120. The molecule has 0 aliphatic heterocycles. The van der Waals surface area contributed by atoms with Gasteiger partial charge in [0.25, 0.3) is 5.91 Å². The van der Waals surface area contributed by atoms with Crippen molar-refractivity contribution in [3.8, 4) is 0 Å². The number of rotatable bonds is 13. The number of nitrogens with two attached hydrogens (primary N) is 1. The van der Waals surface area contributed by atoms with Gasteiger partial charge in [0.1, 0.15) is 11.6 Å². The molecule has 1 fully saturated rings. The molecule has 1 aromatic carbocycles. The smallest absolute Gasteiger partial charge is 0.251 e. The summed E-state index contributed by atoms with van der Waals surface area (Å²) in [6.45, 7) is 10.3. The van der Waals surface area contributed by atoms with E-state index in [1.165, 1.54) is 4.31 Å². The largest absolute Gasteiger partial charge is 0.370 e. The molecule has 1 amide bonds. The standard InChI is InChI=1S/C27H41N5O3S/c1-6-12-32(36(34,35)18(2)3)26-16-22(15-25(31-26)29-17-23-13-19(23)4)27(33)30-24(20(5)28)14-21-10-8-7-9-11-21/h7-11,15-16,18-20,23-24H,6,12-14,17,28H2,1-5H3,(H,29,31)(H,30,33)/t19?,20-,23?,24-/m0/s1. The number of carbonyl (C=O) groups excluding carboxylic acids is 1. The summed E-state index contributed by atoms with van der Waals surface area (Å²) in [7, 11) is -3.63. The first-order valence-electron chi connectivity index (χ1n) is 12.9. The second kappa shape index (κ2) is 12.1. The van der Waals surface area contributed by atoms with E-state index in [4.69, 9.17) is 5.73 Å². The summed E-state index contributed by atoms with van der Waals surface area (Å²) < 4.78 is 27.6. The molecule has 2 aromatic rings. The Morgan fingerprint density at radius 2 is 1.86 bits per heavy atom. The van der Waals surface area contributed by atoms with E-state index in [0.717, 1.165) is 18.5 Å². The fraction of sp³-hybridized carbons (Fsp3) is 0.556. The van der Waals surface area contributed by atoms with E-state index < -0.39 is 15.3 Å². The zero-order valence-electron chi connectivity index (χ0n) is 22.1. The number of pyridine rings is 1. The lowest BCUT2D eigenvalue weighted by Crippen LogP contribution is -2.47. The number of anilines is 2. The van der Waals surface area contributed by atoms with Crippen LogP contribution in [0, 0.1) is 11.8 Å². The fourth-order valence-electron chi connectivity index (χ4n) is 4.10. The van der Waals surface area contributed by atoms with Gasteiger partial charge in [0.15, 0.2) is 0 Å². The Morgan fingerprint density at radius 3 is 2.42 bits per heavy atom. The summed E-state index contributed by atoms with van der Waals surface area (Å²) in [6, 6.07) is 12.6. The van der Waals surface area contributed by atoms with Crippen molar-refractivity contribution in [1.29, 1.82) is 0 Å². The molecule has 36 heavy (non-hydrogen) atoms. The highest BCUT2D eigenvalue weighted by Crippen LogP contribution is 2.37. The monoisotopic (exact) mass is 515 g/mol. The van der Waals surface area contributed by atoms with Crippen LogP contribution in [0.2, 0.25) is 0 Å². The van der Waals surface area contributed by atoms with Gasteiger partial charge >= 0.3 is 0 Å². The van der Waals surface area contributed by atoms with Gasteiger partial charge < -0.3 is 16.4 Å². The minimum Gasteiger partial charge on any atom is -0.370 e. The summed E-state index contributed by atoms with van der Waals surface area (Å²) in [4.78, 5) is 18.1. The van der Waals surface area contributed by atoms with Crippen molar-refractivity contribution < 1.29 is 13.2 Å².